The highest BCUT2D eigenvalue weighted by atomic mass is 16.9. The molecule has 10 nitrogen and oxygen atoms in total. The molecule has 0 spiro atoms. The average molecular weight is 578 g/mol. The molecule has 0 aromatic carbocycles. The minimum Gasteiger partial charge on any atom is -0.354 e. The third-order valence-electron chi connectivity index (χ3n) is 7.93. The molecule has 10 heteroatoms. The molecule has 41 heavy (non-hydrogen) atoms. The average Bonchev–Trinajstić information content (AvgIpc) is 2.98. The summed E-state index contributed by atoms with van der Waals surface area (Å²) in [4.78, 5) is 36.2. The van der Waals surface area contributed by atoms with Crippen molar-refractivity contribution in [1.29, 1.82) is 0 Å². The first-order valence-electron chi connectivity index (χ1n) is 16.2. The standard InChI is InChI=1S/C31H55N5O5/c1-2-21-33-23-25-34(26-24-33)30-20-19-29(28-32-30)31(37)35(38)22-17-15-13-11-9-7-5-3-4-6-8-10-12-14-16-18-27-41-36(39)40/h19-20,28,38H,2-18,21-27H2,1H3. The fourth-order valence-electron chi connectivity index (χ4n) is 5.44. The first-order chi connectivity index (χ1) is 20.0. The minimum absolute atomic E-state index is 0.223. The van der Waals surface area contributed by atoms with Gasteiger partial charge < -0.3 is 9.74 Å². The first kappa shape index (κ1) is 34.7. The lowest BCUT2D eigenvalue weighted by Crippen LogP contribution is -2.46. The highest BCUT2D eigenvalue weighted by molar-refractivity contribution is 5.93. The van der Waals surface area contributed by atoms with Gasteiger partial charge in [0.05, 0.1) is 12.2 Å². The second-order valence-corrected chi connectivity index (χ2v) is 11.4. The summed E-state index contributed by atoms with van der Waals surface area (Å²) in [7, 11) is 0. The molecule has 234 valence electrons. The molecule has 0 saturated carbocycles. The van der Waals surface area contributed by atoms with Crippen LogP contribution in [-0.2, 0) is 4.84 Å². The van der Waals surface area contributed by atoms with Crippen molar-refractivity contribution in [1.82, 2.24) is 14.9 Å². The van der Waals surface area contributed by atoms with E-state index >= 15 is 0 Å². The molecule has 2 rings (SSSR count). The number of nitrogens with zero attached hydrogens (tertiary/aromatic N) is 5. The fraction of sp³-hybridized carbons (Fsp3) is 0.806. The zero-order valence-electron chi connectivity index (χ0n) is 25.5. The SMILES string of the molecule is CCCN1CCN(c2ccc(C(=O)N(O)CCCCCCCCCCCCCCCCCCO[N+](=O)[O-])cn2)CC1. The number of carbonyl (C=O) groups is 1. The van der Waals surface area contributed by atoms with Crippen LogP contribution in [-0.4, -0.2) is 77.0 Å². The van der Waals surface area contributed by atoms with Gasteiger partial charge in [0, 0.05) is 38.9 Å². The van der Waals surface area contributed by atoms with Crippen molar-refractivity contribution >= 4 is 11.7 Å². The van der Waals surface area contributed by atoms with E-state index in [2.05, 4.69) is 26.5 Å². The van der Waals surface area contributed by atoms with Gasteiger partial charge in [0.15, 0.2) is 0 Å². The Morgan fingerprint density at radius 3 is 1.85 bits per heavy atom. The number of rotatable bonds is 24. The quantitative estimate of drug-likeness (QED) is 0.0611. The predicted molar refractivity (Wildman–Crippen MR) is 163 cm³/mol. The summed E-state index contributed by atoms with van der Waals surface area (Å²) in [5, 5.41) is 20.4. The van der Waals surface area contributed by atoms with E-state index < -0.39 is 5.09 Å². The highest BCUT2D eigenvalue weighted by Gasteiger charge is 2.19. The Bertz CT molecular complexity index is 818. The van der Waals surface area contributed by atoms with Gasteiger partial charge in [-0.2, -0.15) is 0 Å². The molecule has 1 amide bonds. The van der Waals surface area contributed by atoms with E-state index in [0.717, 1.165) is 82.1 Å². The van der Waals surface area contributed by atoms with Crippen molar-refractivity contribution in [3.8, 4) is 0 Å². The Balaban J connectivity index is 1.39. The highest BCUT2D eigenvalue weighted by Crippen LogP contribution is 2.16. The Labute approximate surface area is 247 Å². The molecule has 1 aliphatic rings. The lowest BCUT2D eigenvalue weighted by atomic mass is 10.0. The van der Waals surface area contributed by atoms with Gasteiger partial charge in [-0.05, 0) is 37.9 Å². The van der Waals surface area contributed by atoms with Crippen LogP contribution in [0.5, 0.6) is 0 Å². The third-order valence-corrected chi connectivity index (χ3v) is 7.93. The summed E-state index contributed by atoms with van der Waals surface area (Å²) >= 11 is 0. The van der Waals surface area contributed by atoms with Gasteiger partial charge in [-0.3, -0.25) is 14.9 Å². The van der Waals surface area contributed by atoms with Gasteiger partial charge in [0.2, 0.25) is 0 Å². The molecule has 0 radical (unpaired) electrons. The van der Waals surface area contributed by atoms with Gasteiger partial charge in [-0.15, -0.1) is 10.1 Å². The number of unbranched alkanes of at least 4 members (excludes halogenated alkanes) is 15. The molecule has 1 aromatic heterocycles. The third kappa shape index (κ3) is 15.9. The smallest absolute Gasteiger partial charge is 0.294 e. The number of pyridine rings is 1. The lowest BCUT2D eigenvalue weighted by molar-refractivity contribution is -0.757. The number of hydrogen-bond donors (Lipinski definition) is 1. The maximum atomic E-state index is 12.6. The van der Waals surface area contributed by atoms with Crippen molar-refractivity contribution < 1.29 is 19.9 Å². The summed E-state index contributed by atoms with van der Waals surface area (Å²) in [6, 6.07) is 3.67. The van der Waals surface area contributed by atoms with Crippen LogP contribution < -0.4 is 4.90 Å². The van der Waals surface area contributed by atoms with Gasteiger partial charge >= 0.3 is 0 Å². The number of hydrogen-bond acceptors (Lipinski definition) is 8. The molecule has 0 atom stereocenters. The largest absolute Gasteiger partial charge is 0.354 e. The van der Waals surface area contributed by atoms with Crippen molar-refractivity contribution in [3.63, 3.8) is 0 Å². The van der Waals surface area contributed by atoms with E-state index in [1.54, 1.807) is 12.3 Å². The molecule has 0 unspecified atom stereocenters. The zero-order valence-corrected chi connectivity index (χ0v) is 25.5. The van der Waals surface area contributed by atoms with Gasteiger partial charge in [-0.1, -0.05) is 96.8 Å². The first-order valence-corrected chi connectivity index (χ1v) is 16.2. The van der Waals surface area contributed by atoms with Crippen LogP contribution in [0.15, 0.2) is 18.3 Å². The van der Waals surface area contributed by atoms with Crippen LogP contribution in [0.25, 0.3) is 0 Å². The van der Waals surface area contributed by atoms with Crippen molar-refractivity contribution in [2.75, 3.05) is 50.8 Å². The van der Waals surface area contributed by atoms with Crippen molar-refractivity contribution in [2.24, 2.45) is 0 Å². The fourth-order valence-corrected chi connectivity index (χ4v) is 5.44. The van der Waals surface area contributed by atoms with Crippen LogP contribution >= 0.6 is 0 Å². The summed E-state index contributed by atoms with van der Waals surface area (Å²) in [6.07, 6.45) is 21.4. The van der Waals surface area contributed by atoms with Gasteiger partial charge in [-0.25, -0.2) is 10.0 Å². The molecule has 1 aliphatic heterocycles. The number of hydroxylamine groups is 2. The van der Waals surface area contributed by atoms with E-state index in [-0.39, 0.29) is 12.5 Å². The number of carbonyl (C=O) groups excluding carboxylic acids is 1. The summed E-state index contributed by atoms with van der Waals surface area (Å²) in [5.74, 6) is 0.517. The molecule has 1 fully saturated rings. The van der Waals surface area contributed by atoms with Crippen molar-refractivity contribution in [2.45, 2.75) is 116 Å². The number of anilines is 1. The summed E-state index contributed by atoms with van der Waals surface area (Å²) < 4.78 is 0. The van der Waals surface area contributed by atoms with Crippen LogP contribution in [0.4, 0.5) is 5.82 Å². The van der Waals surface area contributed by atoms with Crippen LogP contribution in [0.2, 0.25) is 0 Å². The van der Waals surface area contributed by atoms with E-state index in [9.17, 15) is 20.1 Å². The lowest BCUT2D eigenvalue weighted by Gasteiger charge is -2.35. The Kier molecular flexibility index (Phi) is 18.8. The topological polar surface area (TPSA) is 112 Å². The van der Waals surface area contributed by atoms with Gasteiger partial charge in [0.25, 0.3) is 11.0 Å². The van der Waals surface area contributed by atoms with Gasteiger partial charge in [0.1, 0.15) is 5.82 Å². The maximum Gasteiger partial charge on any atom is 0.294 e. The minimum atomic E-state index is -0.716. The number of piperazine rings is 1. The predicted octanol–water partition coefficient (Wildman–Crippen LogP) is 6.89. The Hall–Kier alpha value is -2.46. The van der Waals surface area contributed by atoms with Crippen molar-refractivity contribution in [3.05, 3.63) is 34.0 Å². The molecule has 0 aliphatic carbocycles. The molecule has 1 saturated heterocycles. The monoisotopic (exact) mass is 577 g/mol. The number of aromatic nitrogens is 1. The Morgan fingerprint density at radius 1 is 0.878 bits per heavy atom. The van der Waals surface area contributed by atoms with E-state index in [1.807, 2.05) is 6.07 Å². The normalized spacial score (nSPS) is 13.9. The molecule has 1 aromatic rings. The Morgan fingerprint density at radius 2 is 1.39 bits per heavy atom. The zero-order chi connectivity index (χ0) is 29.5. The van der Waals surface area contributed by atoms with Crippen LogP contribution in [0.3, 0.4) is 0 Å². The molecule has 2 heterocycles. The molecular formula is C31H55N5O5. The van der Waals surface area contributed by atoms with Crippen LogP contribution in [0, 0.1) is 10.1 Å². The van der Waals surface area contributed by atoms with E-state index in [0.29, 0.717) is 12.1 Å². The molecule has 1 N–H and O–H groups in total. The second-order valence-electron chi connectivity index (χ2n) is 11.4. The molecular weight excluding hydrogens is 522 g/mol. The van der Waals surface area contributed by atoms with Crippen LogP contribution in [0.1, 0.15) is 126 Å². The summed E-state index contributed by atoms with van der Waals surface area (Å²) in [6.45, 7) is 7.91. The van der Waals surface area contributed by atoms with E-state index in [4.69, 9.17) is 0 Å². The number of amides is 1. The molecule has 0 bridgehead atoms. The summed E-state index contributed by atoms with van der Waals surface area (Å²) in [5.41, 5.74) is 0.429. The van der Waals surface area contributed by atoms with E-state index in [1.165, 1.54) is 70.6 Å². The maximum absolute atomic E-state index is 12.6. The second kappa shape index (κ2) is 22.2.